The highest BCUT2D eigenvalue weighted by molar-refractivity contribution is 7.13. The Morgan fingerprint density at radius 1 is 1.62 bits per heavy atom. The van der Waals surface area contributed by atoms with Gasteiger partial charge in [-0.1, -0.05) is 11.3 Å². The summed E-state index contributed by atoms with van der Waals surface area (Å²) >= 11 is 1.45. The molecule has 0 aliphatic rings. The Bertz CT molecular complexity index is 271. The van der Waals surface area contributed by atoms with Crippen molar-refractivity contribution >= 4 is 11.3 Å². The molecule has 0 aliphatic carbocycles. The Morgan fingerprint density at radius 2 is 2.31 bits per heavy atom. The molecule has 0 radical (unpaired) electrons. The van der Waals surface area contributed by atoms with Crippen molar-refractivity contribution < 1.29 is 9.47 Å². The lowest BCUT2D eigenvalue weighted by Gasteiger charge is -2.23. The van der Waals surface area contributed by atoms with Crippen molar-refractivity contribution in [3.8, 4) is 5.19 Å². The van der Waals surface area contributed by atoms with Crippen LogP contribution in [0.4, 0.5) is 0 Å². The van der Waals surface area contributed by atoms with E-state index in [4.69, 9.17) is 15.2 Å². The second kappa shape index (κ2) is 4.04. The maximum absolute atomic E-state index is 5.61. The predicted molar refractivity (Wildman–Crippen MR) is 52.1 cm³/mol. The van der Waals surface area contributed by atoms with Gasteiger partial charge in [0.05, 0.1) is 12.0 Å². The molecule has 0 fully saturated rings. The third-order valence-corrected chi connectivity index (χ3v) is 3.22. The minimum Gasteiger partial charge on any atom is -0.473 e. The molecule has 1 aromatic rings. The lowest BCUT2D eigenvalue weighted by Crippen LogP contribution is -2.32. The molecule has 13 heavy (non-hydrogen) atoms. The molecule has 5 heteroatoms. The third kappa shape index (κ3) is 1.99. The van der Waals surface area contributed by atoms with Crippen molar-refractivity contribution in [3.63, 3.8) is 0 Å². The first kappa shape index (κ1) is 10.4. The molecule has 0 saturated carbocycles. The molecule has 0 aliphatic heterocycles. The second-order valence-corrected chi connectivity index (χ2v) is 3.83. The lowest BCUT2D eigenvalue weighted by atomic mass is 10.1. The second-order valence-electron chi connectivity index (χ2n) is 2.83. The van der Waals surface area contributed by atoms with Crippen LogP contribution in [0.2, 0.25) is 0 Å². The minimum atomic E-state index is -0.450. The van der Waals surface area contributed by atoms with E-state index in [0.717, 1.165) is 4.88 Å². The van der Waals surface area contributed by atoms with Crippen molar-refractivity contribution in [3.05, 3.63) is 11.1 Å². The summed E-state index contributed by atoms with van der Waals surface area (Å²) in [4.78, 5) is 5.04. The summed E-state index contributed by atoms with van der Waals surface area (Å²) in [7, 11) is 3.23. The number of nitrogens with zero attached hydrogens (tertiary/aromatic N) is 1. The van der Waals surface area contributed by atoms with Crippen LogP contribution in [0.5, 0.6) is 5.19 Å². The normalized spacial score (nSPS) is 15.4. The molecule has 0 aromatic carbocycles. The number of rotatable bonds is 4. The van der Waals surface area contributed by atoms with E-state index in [1.165, 1.54) is 11.3 Å². The summed E-state index contributed by atoms with van der Waals surface area (Å²) in [5.74, 6) is 0. The van der Waals surface area contributed by atoms with E-state index in [-0.39, 0.29) is 0 Å². The summed E-state index contributed by atoms with van der Waals surface area (Å²) in [6, 6.07) is 0. The molecule has 1 heterocycles. The van der Waals surface area contributed by atoms with Crippen LogP contribution in [0.25, 0.3) is 0 Å². The molecule has 1 atom stereocenters. The van der Waals surface area contributed by atoms with Gasteiger partial charge >= 0.3 is 0 Å². The smallest absolute Gasteiger partial charge is 0.273 e. The zero-order valence-corrected chi connectivity index (χ0v) is 8.85. The van der Waals surface area contributed by atoms with Gasteiger partial charge in [-0.05, 0) is 6.92 Å². The Hall–Kier alpha value is -0.650. The van der Waals surface area contributed by atoms with E-state index in [9.17, 15) is 0 Å². The molecule has 4 nitrogen and oxygen atoms in total. The average molecular weight is 202 g/mol. The predicted octanol–water partition coefficient (Wildman–Crippen LogP) is 0.972. The molecule has 0 bridgehead atoms. The molecule has 0 amide bonds. The van der Waals surface area contributed by atoms with E-state index in [0.29, 0.717) is 11.7 Å². The fourth-order valence-electron chi connectivity index (χ4n) is 0.881. The van der Waals surface area contributed by atoms with Crippen molar-refractivity contribution in [1.82, 2.24) is 4.98 Å². The fraction of sp³-hybridized carbons (Fsp3) is 0.625. The average Bonchev–Trinajstić information content (AvgIpc) is 2.65. The SMILES string of the molecule is COc1ncc(C(C)(CN)OC)s1. The molecule has 0 saturated heterocycles. The fourth-order valence-corrected chi connectivity index (χ4v) is 1.75. The number of hydrogen-bond acceptors (Lipinski definition) is 5. The zero-order valence-electron chi connectivity index (χ0n) is 8.03. The van der Waals surface area contributed by atoms with Crippen molar-refractivity contribution in [2.45, 2.75) is 12.5 Å². The van der Waals surface area contributed by atoms with Gasteiger partial charge in [-0.25, -0.2) is 4.98 Å². The van der Waals surface area contributed by atoms with Crippen molar-refractivity contribution in [2.75, 3.05) is 20.8 Å². The van der Waals surface area contributed by atoms with Gasteiger partial charge in [-0.2, -0.15) is 0 Å². The van der Waals surface area contributed by atoms with Gasteiger partial charge in [-0.3, -0.25) is 0 Å². The molecular weight excluding hydrogens is 188 g/mol. The molecular formula is C8H14N2O2S. The number of aromatic nitrogens is 1. The first-order valence-corrected chi connectivity index (χ1v) is 4.73. The van der Waals surface area contributed by atoms with Crippen LogP contribution in [-0.4, -0.2) is 25.7 Å². The van der Waals surface area contributed by atoms with Crippen LogP contribution >= 0.6 is 11.3 Å². The highest BCUT2D eigenvalue weighted by atomic mass is 32.1. The highest BCUT2D eigenvalue weighted by Gasteiger charge is 2.27. The third-order valence-electron chi connectivity index (χ3n) is 2.02. The van der Waals surface area contributed by atoms with Gasteiger partial charge in [-0.15, -0.1) is 0 Å². The van der Waals surface area contributed by atoms with Gasteiger partial charge in [0.15, 0.2) is 0 Å². The summed E-state index contributed by atoms with van der Waals surface area (Å²) in [5, 5.41) is 0.631. The van der Waals surface area contributed by atoms with Crippen LogP contribution in [0.1, 0.15) is 11.8 Å². The molecule has 1 unspecified atom stereocenters. The topological polar surface area (TPSA) is 57.4 Å². The zero-order chi connectivity index (χ0) is 9.90. The summed E-state index contributed by atoms with van der Waals surface area (Å²) in [6.07, 6.45) is 1.74. The van der Waals surface area contributed by atoms with Crippen LogP contribution in [-0.2, 0) is 10.3 Å². The standard InChI is InChI=1S/C8H14N2O2S/c1-8(5-9,12-3)6-4-10-7(11-2)13-6/h4H,5,9H2,1-3H3. The lowest BCUT2D eigenvalue weighted by molar-refractivity contribution is 0.0131. The molecule has 0 spiro atoms. The largest absolute Gasteiger partial charge is 0.473 e. The molecule has 2 N–H and O–H groups in total. The number of nitrogens with two attached hydrogens (primary N) is 1. The first-order chi connectivity index (χ1) is 6.16. The van der Waals surface area contributed by atoms with Crippen LogP contribution < -0.4 is 10.5 Å². The van der Waals surface area contributed by atoms with Gasteiger partial charge < -0.3 is 15.2 Å². The monoisotopic (exact) mass is 202 g/mol. The Labute approximate surface area is 81.7 Å². The Morgan fingerprint density at radius 3 is 2.69 bits per heavy atom. The summed E-state index contributed by atoms with van der Waals surface area (Å²) in [6.45, 7) is 2.36. The molecule has 1 aromatic heterocycles. The quantitative estimate of drug-likeness (QED) is 0.790. The minimum absolute atomic E-state index is 0.425. The Kier molecular flexibility index (Phi) is 3.24. The van der Waals surface area contributed by atoms with E-state index in [1.54, 1.807) is 20.4 Å². The maximum atomic E-state index is 5.61. The first-order valence-electron chi connectivity index (χ1n) is 3.92. The summed E-state index contributed by atoms with van der Waals surface area (Å²) in [5.41, 5.74) is 5.16. The maximum Gasteiger partial charge on any atom is 0.273 e. The van der Waals surface area contributed by atoms with Crippen LogP contribution in [0.3, 0.4) is 0 Å². The van der Waals surface area contributed by atoms with E-state index in [1.807, 2.05) is 6.92 Å². The highest BCUT2D eigenvalue weighted by Crippen LogP contribution is 2.31. The Balaban J connectivity index is 2.91. The summed E-state index contributed by atoms with van der Waals surface area (Å²) < 4.78 is 10.3. The van der Waals surface area contributed by atoms with E-state index in [2.05, 4.69) is 4.98 Å². The van der Waals surface area contributed by atoms with Gasteiger partial charge in [0, 0.05) is 19.9 Å². The van der Waals surface area contributed by atoms with Gasteiger partial charge in [0.25, 0.3) is 5.19 Å². The van der Waals surface area contributed by atoms with Crippen molar-refractivity contribution in [1.29, 1.82) is 0 Å². The number of hydrogen-bond donors (Lipinski definition) is 1. The number of ether oxygens (including phenoxy) is 2. The van der Waals surface area contributed by atoms with Crippen LogP contribution in [0.15, 0.2) is 6.20 Å². The number of thiazole rings is 1. The van der Waals surface area contributed by atoms with E-state index < -0.39 is 5.60 Å². The molecule has 1 rings (SSSR count). The number of methoxy groups -OCH3 is 2. The van der Waals surface area contributed by atoms with Crippen molar-refractivity contribution in [2.24, 2.45) is 5.73 Å². The molecule has 74 valence electrons. The van der Waals surface area contributed by atoms with Crippen LogP contribution in [0, 0.1) is 0 Å². The van der Waals surface area contributed by atoms with E-state index >= 15 is 0 Å². The van der Waals surface area contributed by atoms with Gasteiger partial charge in [0.2, 0.25) is 0 Å². The van der Waals surface area contributed by atoms with Gasteiger partial charge in [0.1, 0.15) is 5.60 Å².